The fourth-order valence-electron chi connectivity index (χ4n) is 3.18. The van der Waals surface area contributed by atoms with Gasteiger partial charge in [-0.2, -0.15) is 0 Å². The summed E-state index contributed by atoms with van der Waals surface area (Å²) >= 11 is 0. The van der Waals surface area contributed by atoms with E-state index in [1.807, 2.05) is 26.0 Å². The minimum Gasteiger partial charge on any atom is -0.387 e. The van der Waals surface area contributed by atoms with Crippen molar-refractivity contribution in [2.45, 2.75) is 46.4 Å². The Morgan fingerprint density at radius 2 is 1.97 bits per heavy atom. The van der Waals surface area contributed by atoms with Gasteiger partial charge in [-0.15, -0.1) is 0 Å². The van der Waals surface area contributed by atoms with Crippen molar-refractivity contribution in [1.29, 1.82) is 0 Å². The molecule has 0 radical (unpaired) electrons. The number of carbonyl (C=O) groups is 1. The molecule has 1 saturated carbocycles. The fraction of sp³-hybridized carbons (Fsp3) is 0.333. The number of rotatable bonds is 7. The van der Waals surface area contributed by atoms with Crippen LogP contribution in [0.1, 0.15) is 44.6 Å². The summed E-state index contributed by atoms with van der Waals surface area (Å²) in [5.41, 5.74) is 4.34. The van der Waals surface area contributed by atoms with Crippen molar-refractivity contribution < 1.29 is 83.2 Å². The number of anilines is 3. The smallest absolute Gasteiger partial charge is 0.387 e. The molecular weight excluding hydrogens is 556 g/mol. The standard InChI is InChI=1S/C22H23FN6O2.CH4.CH3.Cs/c1-3-20(30)18-6-12(2)19(10-25-18)28-16-4-5-24-9-14(16)17-8-21(27-11-26-17)29-22(31)13-7-15(13)23;;;/h4-6,8-11,13,15,20,30H,3,7H2,1-2H3,(H,24,28)(H,26,27,29,31);1H4;1H3;/q;;-1;+1/t13-,15+,20?;;;/m0.../s1. The van der Waals surface area contributed by atoms with Gasteiger partial charge in [0.2, 0.25) is 5.91 Å². The van der Waals surface area contributed by atoms with Crippen molar-refractivity contribution in [2.24, 2.45) is 5.92 Å². The molecular formula is C24H30CsFN6O2. The summed E-state index contributed by atoms with van der Waals surface area (Å²) in [5.74, 6) is -0.670. The van der Waals surface area contributed by atoms with E-state index in [9.17, 15) is 14.3 Å². The number of nitrogens with one attached hydrogen (secondary N) is 2. The Kier molecular flexibility index (Phi) is 12.3. The van der Waals surface area contributed by atoms with Crippen molar-refractivity contribution in [3.05, 3.63) is 61.8 Å². The average molecular weight is 586 g/mol. The number of amides is 1. The van der Waals surface area contributed by atoms with Crippen LogP contribution < -0.4 is 79.5 Å². The molecule has 0 aromatic carbocycles. The molecule has 0 aliphatic heterocycles. The fourth-order valence-corrected chi connectivity index (χ4v) is 3.18. The third-order valence-electron chi connectivity index (χ3n) is 5.19. The van der Waals surface area contributed by atoms with Gasteiger partial charge in [0.1, 0.15) is 18.3 Å². The molecule has 1 fully saturated rings. The van der Waals surface area contributed by atoms with E-state index in [4.69, 9.17) is 0 Å². The molecule has 0 saturated heterocycles. The van der Waals surface area contributed by atoms with Crippen LogP contribution in [0.2, 0.25) is 0 Å². The van der Waals surface area contributed by atoms with E-state index >= 15 is 0 Å². The van der Waals surface area contributed by atoms with Crippen molar-refractivity contribution in [3.8, 4) is 11.3 Å². The molecule has 3 N–H and O–H groups in total. The van der Waals surface area contributed by atoms with Crippen LogP contribution >= 0.6 is 0 Å². The minimum atomic E-state index is -1.07. The summed E-state index contributed by atoms with van der Waals surface area (Å²) in [4.78, 5) is 28.9. The normalized spacial score (nSPS) is 16.7. The maximum atomic E-state index is 13.1. The van der Waals surface area contributed by atoms with Gasteiger partial charge < -0.3 is 23.2 Å². The number of aliphatic hydroxyl groups is 1. The monoisotopic (exact) mass is 586 g/mol. The molecule has 8 nitrogen and oxygen atoms in total. The zero-order valence-electron chi connectivity index (χ0n) is 19.2. The van der Waals surface area contributed by atoms with Crippen LogP contribution in [0.25, 0.3) is 11.3 Å². The van der Waals surface area contributed by atoms with Crippen LogP contribution in [0.4, 0.5) is 21.6 Å². The summed E-state index contributed by atoms with van der Waals surface area (Å²) in [7, 11) is 0. The molecule has 4 rings (SSSR count). The maximum absolute atomic E-state index is 13.1. The molecule has 1 aliphatic carbocycles. The van der Waals surface area contributed by atoms with Gasteiger partial charge in [-0.1, -0.05) is 14.4 Å². The second kappa shape index (κ2) is 13.6. The first kappa shape index (κ1) is 30.6. The number of pyridine rings is 2. The molecule has 0 spiro atoms. The summed E-state index contributed by atoms with van der Waals surface area (Å²) in [5, 5.41) is 16.0. The number of aryl methyl sites for hydroxylation is 1. The van der Waals surface area contributed by atoms with Gasteiger partial charge in [0.05, 0.1) is 41.0 Å². The number of nitrogens with zero attached hydrogens (tertiary/aromatic N) is 4. The number of aliphatic hydroxyl groups excluding tert-OH is 1. The van der Waals surface area contributed by atoms with Gasteiger partial charge in [-0.3, -0.25) is 14.8 Å². The molecule has 3 aromatic rings. The Bertz CT molecular complexity index is 1120. The van der Waals surface area contributed by atoms with Gasteiger partial charge in [-0.05, 0) is 37.5 Å². The first-order chi connectivity index (χ1) is 15.0. The molecule has 1 unspecified atom stereocenters. The van der Waals surface area contributed by atoms with Crippen LogP contribution in [-0.2, 0) is 4.79 Å². The van der Waals surface area contributed by atoms with Crippen LogP contribution in [0.15, 0.2) is 43.1 Å². The summed E-state index contributed by atoms with van der Waals surface area (Å²) < 4.78 is 13.1. The number of hydrogen-bond donors (Lipinski definition) is 3. The number of carbonyl (C=O) groups excluding carboxylic acids is 1. The Morgan fingerprint density at radius 1 is 1.24 bits per heavy atom. The van der Waals surface area contributed by atoms with E-state index in [2.05, 4.69) is 30.6 Å². The molecule has 0 bridgehead atoms. The maximum Gasteiger partial charge on any atom is 1.00 e. The Hall–Kier alpha value is -1.41. The van der Waals surface area contributed by atoms with E-state index < -0.39 is 18.2 Å². The van der Waals surface area contributed by atoms with Crippen LogP contribution in [0, 0.1) is 20.3 Å². The van der Waals surface area contributed by atoms with Crippen molar-refractivity contribution in [3.63, 3.8) is 0 Å². The number of halogens is 1. The van der Waals surface area contributed by atoms with Gasteiger partial charge >= 0.3 is 68.9 Å². The molecule has 1 aliphatic rings. The van der Waals surface area contributed by atoms with Gasteiger partial charge in [0, 0.05) is 24.0 Å². The van der Waals surface area contributed by atoms with Gasteiger partial charge in [0.15, 0.2) is 0 Å². The van der Waals surface area contributed by atoms with Gasteiger partial charge in [-0.25, -0.2) is 14.4 Å². The van der Waals surface area contributed by atoms with Crippen LogP contribution in [-0.4, -0.2) is 37.1 Å². The predicted molar refractivity (Wildman–Crippen MR) is 128 cm³/mol. The third-order valence-corrected chi connectivity index (χ3v) is 5.19. The van der Waals surface area contributed by atoms with E-state index in [-0.39, 0.29) is 96.1 Å². The second-order valence-electron chi connectivity index (χ2n) is 7.53. The van der Waals surface area contributed by atoms with E-state index in [0.717, 1.165) is 16.9 Å². The zero-order chi connectivity index (χ0) is 22.0. The number of alkyl halides is 1. The topological polar surface area (TPSA) is 113 Å². The first-order valence-corrected chi connectivity index (χ1v) is 10.1. The summed E-state index contributed by atoms with van der Waals surface area (Å²) in [6, 6.07) is 5.29. The second-order valence-corrected chi connectivity index (χ2v) is 7.53. The quantitative estimate of drug-likeness (QED) is 0.362. The molecule has 3 aromatic heterocycles. The van der Waals surface area contributed by atoms with Crippen molar-refractivity contribution in [2.75, 3.05) is 10.6 Å². The van der Waals surface area contributed by atoms with Gasteiger partial charge in [0.25, 0.3) is 0 Å². The van der Waals surface area contributed by atoms with Crippen molar-refractivity contribution >= 4 is 23.1 Å². The third kappa shape index (κ3) is 7.30. The zero-order valence-corrected chi connectivity index (χ0v) is 25.5. The van der Waals surface area contributed by atoms with Crippen LogP contribution in [0.3, 0.4) is 0 Å². The molecule has 176 valence electrons. The van der Waals surface area contributed by atoms with E-state index in [0.29, 0.717) is 29.2 Å². The predicted octanol–water partition coefficient (Wildman–Crippen LogP) is 1.82. The molecule has 1 amide bonds. The Balaban J connectivity index is 0.00000193. The van der Waals surface area contributed by atoms with Crippen LogP contribution in [0.5, 0.6) is 0 Å². The average Bonchev–Trinajstić information content (AvgIpc) is 3.52. The van der Waals surface area contributed by atoms with E-state index in [1.54, 1.807) is 24.7 Å². The first-order valence-electron chi connectivity index (χ1n) is 10.1. The van der Waals surface area contributed by atoms with Crippen molar-refractivity contribution in [1.82, 2.24) is 19.9 Å². The SMILES string of the molecule is C.CCC(O)c1cc(C)c(Nc2ccncc2-c2cc(NC(=O)[C@H]3C[C@H]3F)ncn2)cn1.[CH3-].[Cs+]. The van der Waals surface area contributed by atoms with E-state index in [1.165, 1.54) is 6.33 Å². The molecule has 10 heteroatoms. The molecule has 3 atom stereocenters. The number of aromatic nitrogens is 4. The Morgan fingerprint density at radius 3 is 2.62 bits per heavy atom. The minimum absolute atomic E-state index is 0. The summed E-state index contributed by atoms with van der Waals surface area (Å²) in [6.07, 6.45) is 5.51. The molecule has 3 heterocycles. The summed E-state index contributed by atoms with van der Waals surface area (Å²) in [6.45, 7) is 3.83. The molecule has 34 heavy (non-hydrogen) atoms. The number of hydrogen-bond acceptors (Lipinski definition) is 7. The largest absolute Gasteiger partial charge is 1.00 e. The Labute approximate surface area is 259 Å².